The number of hydrogen-bond donors (Lipinski definition) is 1. The van der Waals surface area contributed by atoms with Gasteiger partial charge in [0.2, 0.25) is 5.91 Å². The Labute approximate surface area is 192 Å². The summed E-state index contributed by atoms with van der Waals surface area (Å²) in [6.07, 6.45) is 4.80. The van der Waals surface area contributed by atoms with E-state index in [0.717, 1.165) is 28.1 Å². The van der Waals surface area contributed by atoms with E-state index >= 15 is 0 Å². The zero-order chi connectivity index (χ0) is 23.9. The average molecular weight is 444 g/mol. The molecule has 1 amide bonds. The van der Waals surface area contributed by atoms with Gasteiger partial charge in [0.05, 0.1) is 11.3 Å². The number of carbonyl (C=O) groups excluding carboxylic acids is 1. The number of hydrogen-bond acceptors (Lipinski definition) is 5. The molecule has 0 bridgehead atoms. The number of anilines is 2. The van der Waals surface area contributed by atoms with Crippen molar-refractivity contribution in [2.24, 2.45) is 4.99 Å². The van der Waals surface area contributed by atoms with Crippen molar-refractivity contribution in [2.45, 2.75) is 6.92 Å². The number of amides is 1. The van der Waals surface area contributed by atoms with Crippen molar-refractivity contribution in [1.82, 2.24) is 0 Å². The van der Waals surface area contributed by atoms with E-state index in [1.54, 1.807) is 12.2 Å². The molecule has 7 nitrogen and oxygen atoms in total. The molecule has 1 N–H and O–H groups in total. The fourth-order valence-corrected chi connectivity index (χ4v) is 3.89. The molecule has 0 aromatic heterocycles. The van der Waals surface area contributed by atoms with Gasteiger partial charge in [0.15, 0.2) is 0 Å². The number of fused-ring (bicyclic) bond motifs is 2. The number of rotatable bonds is 3. The van der Waals surface area contributed by atoms with Crippen molar-refractivity contribution < 1.29 is 19.4 Å². The number of ether oxygens (including phenoxy) is 1. The van der Waals surface area contributed by atoms with Crippen LogP contribution in [0.4, 0.5) is 11.4 Å². The summed E-state index contributed by atoms with van der Waals surface area (Å²) >= 11 is 0. The van der Waals surface area contributed by atoms with Gasteiger partial charge >= 0.3 is 5.97 Å². The van der Waals surface area contributed by atoms with Crippen molar-refractivity contribution in [3.05, 3.63) is 76.9 Å². The minimum atomic E-state index is -1.09. The minimum Gasteiger partial charge on any atom is -0.478 e. The van der Waals surface area contributed by atoms with Gasteiger partial charge in [-0.05, 0) is 42.0 Å². The molecule has 7 heteroatoms. The summed E-state index contributed by atoms with van der Waals surface area (Å²) in [5.74, 6) is -0.190. The van der Waals surface area contributed by atoms with E-state index in [0.29, 0.717) is 22.8 Å². The number of carboxylic acids is 1. The molecule has 0 unspecified atom stereocenters. The summed E-state index contributed by atoms with van der Waals surface area (Å²) < 4.78 is 6.30. The third kappa shape index (κ3) is 4.17. The third-order valence-electron chi connectivity index (χ3n) is 5.51. The Hall–Kier alpha value is -4.13. The first-order valence-corrected chi connectivity index (χ1v) is 10.4. The van der Waals surface area contributed by atoms with Crippen LogP contribution in [-0.4, -0.2) is 50.9 Å². The Morgan fingerprint density at radius 1 is 0.879 bits per heavy atom. The van der Waals surface area contributed by atoms with E-state index in [2.05, 4.69) is 4.99 Å². The van der Waals surface area contributed by atoms with Crippen molar-refractivity contribution in [3.8, 4) is 11.5 Å². The van der Waals surface area contributed by atoms with Crippen molar-refractivity contribution in [3.63, 3.8) is 0 Å². The number of benzene rings is 2. The van der Waals surface area contributed by atoms with Crippen LogP contribution in [0.2, 0.25) is 0 Å². The maximum atomic E-state index is 12.2. The van der Waals surface area contributed by atoms with Gasteiger partial charge < -0.3 is 19.6 Å². The molecule has 0 spiro atoms. The summed E-state index contributed by atoms with van der Waals surface area (Å²) in [4.78, 5) is 31.5. The number of carboxylic acid groups (broad SMARTS) is 1. The molecule has 0 saturated carbocycles. The van der Waals surface area contributed by atoms with Gasteiger partial charge in [0.25, 0.3) is 0 Å². The van der Waals surface area contributed by atoms with E-state index < -0.39 is 5.97 Å². The molecule has 168 valence electrons. The maximum absolute atomic E-state index is 12.2. The molecule has 33 heavy (non-hydrogen) atoms. The highest BCUT2D eigenvalue weighted by Crippen LogP contribution is 2.48. The maximum Gasteiger partial charge on any atom is 0.336 e. The molecule has 0 fully saturated rings. The fraction of sp³-hybridized carbons (Fsp3) is 0.192. The molecular formula is C26H25N3O4. The molecule has 1 aliphatic heterocycles. The highest BCUT2D eigenvalue weighted by atomic mass is 16.5. The van der Waals surface area contributed by atoms with E-state index in [9.17, 15) is 14.7 Å². The van der Waals surface area contributed by atoms with E-state index in [1.165, 1.54) is 13.0 Å². The van der Waals surface area contributed by atoms with Crippen molar-refractivity contribution in [2.75, 3.05) is 38.0 Å². The second kappa shape index (κ2) is 8.43. The van der Waals surface area contributed by atoms with Gasteiger partial charge in [0, 0.05) is 75.3 Å². The normalized spacial score (nSPS) is 15.4. The fourth-order valence-electron chi connectivity index (χ4n) is 3.89. The Bertz CT molecular complexity index is 1240. The lowest BCUT2D eigenvalue weighted by Gasteiger charge is -2.28. The molecule has 2 aromatic rings. The summed E-state index contributed by atoms with van der Waals surface area (Å²) in [6, 6.07) is 11.7. The molecule has 2 aliphatic rings. The second-order valence-corrected chi connectivity index (χ2v) is 8.29. The standard InChI is InChI=1S/C26H25N3O4/c1-15(30)27-16-6-9-19(22(12-16)26(31)32)25-20-10-7-17(28(2)3)13-23(20)33-24-14-18(29(4)5)8-11-21(24)25/h6-14H,1-5H3,(H,31,32). The average Bonchev–Trinajstić information content (AvgIpc) is 2.76. The third-order valence-corrected chi connectivity index (χ3v) is 5.51. The van der Waals surface area contributed by atoms with Crippen LogP contribution in [0, 0.1) is 0 Å². The van der Waals surface area contributed by atoms with Crippen LogP contribution < -0.4 is 14.5 Å². The Morgan fingerprint density at radius 2 is 1.42 bits per heavy atom. The van der Waals surface area contributed by atoms with Gasteiger partial charge in [-0.25, -0.2) is 9.79 Å². The van der Waals surface area contributed by atoms with Gasteiger partial charge in [-0.15, -0.1) is 0 Å². The lowest BCUT2D eigenvalue weighted by Crippen LogP contribution is -2.15. The minimum absolute atomic E-state index is 0.0691. The molecule has 0 radical (unpaired) electrons. The summed E-state index contributed by atoms with van der Waals surface area (Å²) in [5, 5.41) is 10.0. The van der Waals surface area contributed by atoms with E-state index in [-0.39, 0.29) is 11.5 Å². The number of carbonyl (C=O) groups is 2. The van der Waals surface area contributed by atoms with E-state index in [1.807, 2.05) is 74.4 Å². The first-order valence-electron chi connectivity index (χ1n) is 10.4. The number of allylic oxidation sites excluding steroid dienone is 3. The van der Waals surface area contributed by atoms with Crippen LogP contribution in [0.15, 0.2) is 70.8 Å². The predicted octanol–water partition coefficient (Wildman–Crippen LogP) is 4.29. The molecular weight excluding hydrogens is 418 g/mol. The molecule has 4 rings (SSSR count). The van der Waals surface area contributed by atoms with E-state index in [4.69, 9.17) is 4.74 Å². The van der Waals surface area contributed by atoms with Crippen LogP contribution in [0.1, 0.15) is 18.1 Å². The zero-order valence-electron chi connectivity index (χ0n) is 19.2. The highest BCUT2D eigenvalue weighted by molar-refractivity contribution is 6.17. The molecule has 2 aromatic carbocycles. The summed E-state index contributed by atoms with van der Waals surface area (Å²) in [7, 11) is 7.81. The van der Waals surface area contributed by atoms with Gasteiger partial charge in [-0.3, -0.25) is 4.79 Å². The summed E-state index contributed by atoms with van der Waals surface area (Å²) in [6.45, 7) is 1.33. The zero-order valence-corrected chi connectivity index (χ0v) is 19.2. The second-order valence-electron chi connectivity index (χ2n) is 8.29. The van der Waals surface area contributed by atoms with Crippen molar-refractivity contribution in [1.29, 1.82) is 0 Å². The van der Waals surface area contributed by atoms with Gasteiger partial charge in [0.1, 0.15) is 11.5 Å². The first kappa shape index (κ1) is 22.1. The molecule has 0 atom stereocenters. The monoisotopic (exact) mass is 443 g/mol. The van der Waals surface area contributed by atoms with Crippen molar-refractivity contribution >= 4 is 34.5 Å². The van der Waals surface area contributed by atoms with Crippen LogP contribution in [0.3, 0.4) is 0 Å². The number of nitrogens with zero attached hydrogens (tertiary/aromatic N) is 3. The number of aliphatic imine (C=N–C) groups is 1. The largest absolute Gasteiger partial charge is 0.478 e. The smallest absolute Gasteiger partial charge is 0.336 e. The lowest BCUT2D eigenvalue weighted by molar-refractivity contribution is -0.132. The number of aliphatic carboxylic acids is 1. The van der Waals surface area contributed by atoms with Crippen LogP contribution in [-0.2, 0) is 9.59 Å². The lowest BCUT2D eigenvalue weighted by atomic mass is 9.84. The molecule has 1 aliphatic carbocycles. The van der Waals surface area contributed by atoms with Crippen LogP contribution in [0.25, 0.3) is 5.57 Å². The first-order chi connectivity index (χ1) is 15.7. The van der Waals surface area contributed by atoms with Gasteiger partial charge in [-0.2, -0.15) is 0 Å². The predicted molar refractivity (Wildman–Crippen MR) is 131 cm³/mol. The van der Waals surface area contributed by atoms with Gasteiger partial charge in [-0.1, -0.05) is 6.08 Å². The Balaban J connectivity index is 2.02. The topological polar surface area (TPSA) is 82.4 Å². The SMILES string of the molecule is CC(=O)N=C1C=CC(=C2c3ccc(N(C)C)cc3Oc3cc(N(C)C)ccc32)C(C(=O)O)=C1. The quantitative estimate of drug-likeness (QED) is 0.650. The molecule has 1 heterocycles. The highest BCUT2D eigenvalue weighted by Gasteiger charge is 2.29. The summed E-state index contributed by atoms with van der Waals surface area (Å²) in [5.41, 5.74) is 5.19. The molecule has 0 saturated heterocycles. The Kier molecular flexibility index (Phi) is 5.64. The van der Waals surface area contributed by atoms with Crippen LogP contribution >= 0.6 is 0 Å². The Morgan fingerprint density at radius 3 is 1.88 bits per heavy atom. The van der Waals surface area contributed by atoms with Crippen LogP contribution in [0.5, 0.6) is 11.5 Å².